The molecule has 2 heterocycles. The van der Waals surface area contributed by atoms with Gasteiger partial charge < -0.3 is 9.15 Å². The van der Waals surface area contributed by atoms with Crippen LogP contribution in [0.3, 0.4) is 0 Å². The Hall–Kier alpha value is -2.95. The fraction of sp³-hybridized carbons (Fsp3) is 0.235. The number of nitrogens with zero attached hydrogens (tertiary/aromatic N) is 2. The molecule has 11 heteroatoms. The molecule has 0 aliphatic carbocycles. The lowest BCUT2D eigenvalue weighted by Gasteiger charge is -2.05. The molecule has 0 aliphatic rings. The molecule has 0 saturated heterocycles. The number of rotatable bonds is 7. The first-order valence-electron chi connectivity index (χ1n) is 7.85. The summed E-state index contributed by atoms with van der Waals surface area (Å²) in [5.74, 6) is -3.40. The zero-order chi connectivity index (χ0) is 20.3. The molecular formula is C17H13F4N3O3S. The van der Waals surface area contributed by atoms with Crippen LogP contribution in [-0.2, 0) is 6.42 Å². The van der Waals surface area contributed by atoms with Gasteiger partial charge in [0.2, 0.25) is 5.13 Å². The SMILES string of the molecule is CC(F)(F)Cc1nsc(NC(=O)c2coc(-c3cccc(OC(F)F)c3)c2)n1. The maximum absolute atomic E-state index is 13.0. The number of ether oxygens (including phenoxy) is 1. The van der Waals surface area contributed by atoms with Crippen LogP contribution in [-0.4, -0.2) is 27.8 Å². The lowest BCUT2D eigenvalue weighted by atomic mass is 10.1. The third kappa shape index (κ3) is 5.28. The number of anilines is 1. The molecule has 0 unspecified atom stereocenters. The van der Waals surface area contributed by atoms with Gasteiger partial charge in [0.25, 0.3) is 11.8 Å². The molecule has 6 nitrogen and oxygen atoms in total. The first kappa shape index (κ1) is 19.8. The molecule has 0 spiro atoms. The van der Waals surface area contributed by atoms with E-state index in [-0.39, 0.29) is 28.0 Å². The minimum absolute atomic E-state index is 0.0518. The molecule has 0 saturated carbocycles. The zero-order valence-electron chi connectivity index (χ0n) is 14.3. The van der Waals surface area contributed by atoms with E-state index in [0.717, 1.165) is 18.5 Å². The standard InChI is InChI=1S/C17H13F4N3O3S/c1-17(20,21)7-13-22-16(28-24-13)23-14(25)10-6-12(26-8-10)9-3-2-4-11(5-9)27-15(18)19/h2-6,8,15H,7H2,1H3,(H,22,23,24,25). The summed E-state index contributed by atoms with van der Waals surface area (Å²) in [6.45, 7) is -2.21. The van der Waals surface area contributed by atoms with E-state index in [1.165, 1.54) is 30.5 Å². The van der Waals surface area contributed by atoms with E-state index < -0.39 is 24.9 Å². The van der Waals surface area contributed by atoms with Crippen molar-refractivity contribution in [1.29, 1.82) is 0 Å². The normalized spacial score (nSPS) is 11.6. The van der Waals surface area contributed by atoms with Gasteiger partial charge in [-0.15, -0.1) is 0 Å². The van der Waals surface area contributed by atoms with Gasteiger partial charge in [-0.25, -0.2) is 13.8 Å². The summed E-state index contributed by atoms with van der Waals surface area (Å²) in [6, 6.07) is 7.20. The Morgan fingerprint density at radius 1 is 1.36 bits per heavy atom. The third-order valence-electron chi connectivity index (χ3n) is 3.36. The summed E-state index contributed by atoms with van der Waals surface area (Å²) in [5.41, 5.74) is 0.563. The first-order chi connectivity index (χ1) is 13.2. The van der Waals surface area contributed by atoms with E-state index in [1.54, 1.807) is 6.07 Å². The van der Waals surface area contributed by atoms with Gasteiger partial charge in [0.15, 0.2) is 5.82 Å². The zero-order valence-corrected chi connectivity index (χ0v) is 15.1. The quantitative estimate of drug-likeness (QED) is 0.558. The first-order valence-corrected chi connectivity index (χ1v) is 8.62. The number of aromatic nitrogens is 2. The number of halogens is 4. The van der Waals surface area contributed by atoms with E-state index in [9.17, 15) is 22.4 Å². The molecular weight excluding hydrogens is 402 g/mol. The summed E-state index contributed by atoms with van der Waals surface area (Å²) in [6.07, 6.45) is 0.541. The number of hydrogen-bond donors (Lipinski definition) is 1. The van der Waals surface area contributed by atoms with Gasteiger partial charge in [-0.2, -0.15) is 13.2 Å². The van der Waals surface area contributed by atoms with Crippen LogP contribution in [0.5, 0.6) is 5.75 Å². The van der Waals surface area contributed by atoms with Crippen LogP contribution in [0, 0.1) is 0 Å². The minimum atomic E-state index is -2.96. The number of carbonyl (C=O) groups is 1. The van der Waals surface area contributed by atoms with Crippen LogP contribution in [0.1, 0.15) is 23.1 Å². The molecule has 0 fully saturated rings. The van der Waals surface area contributed by atoms with Crippen molar-refractivity contribution in [3.63, 3.8) is 0 Å². The Morgan fingerprint density at radius 3 is 2.86 bits per heavy atom. The molecule has 1 N–H and O–H groups in total. The van der Waals surface area contributed by atoms with Crippen LogP contribution >= 0.6 is 11.5 Å². The average Bonchev–Trinajstić information content (AvgIpc) is 3.22. The van der Waals surface area contributed by atoms with Crippen molar-refractivity contribution in [2.45, 2.75) is 25.9 Å². The number of benzene rings is 1. The molecule has 1 aromatic carbocycles. The topological polar surface area (TPSA) is 77.2 Å². The van der Waals surface area contributed by atoms with Crippen molar-refractivity contribution < 1.29 is 31.5 Å². The van der Waals surface area contributed by atoms with Gasteiger partial charge in [0.05, 0.1) is 12.0 Å². The second kappa shape index (κ2) is 7.97. The van der Waals surface area contributed by atoms with Crippen LogP contribution in [0.25, 0.3) is 11.3 Å². The maximum Gasteiger partial charge on any atom is 0.387 e. The van der Waals surface area contributed by atoms with Gasteiger partial charge in [-0.3, -0.25) is 10.1 Å². The second-order valence-electron chi connectivity index (χ2n) is 5.82. The predicted molar refractivity (Wildman–Crippen MR) is 93.0 cm³/mol. The summed E-state index contributed by atoms with van der Waals surface area (Å²) < 4.78 is 64.0. The highest BCUT2D eigenvalue weighted by Gasteiger charge is 2.24. The van der Waals surface area contributed by atoms with Crippen molar-refractivity contribution in [3.05, 3.63) is 48.0 Å². The average molecular weight is 415 g/mol. The summed E-state index contributed by atoms with van der Waals surface area (Å²) >= 11 is 0.779. The molecule has 0 atom stereocenters. The fourth-order valence-electron chi connectivity index (χ4n) is 2.26. The van der Waals surface area contributed by atoms with Gasteiger partial charge in [0.1, 0.15) is 17.8 Å². The highest BCUT2D eigenvalue weighted by molar-refractivity contribution is 7.09. The van der Waals surface area contributed by atoms with Crippen molar-refractivity contribution >= 4 is 22.6 Å². The van der Waals surface area contributed by atoms with Crippen molar-refractivity contribution in [2.24, 2.45) is 0 Å². The molecule has 148 valence electrons. The monoisotopic (exact) mass is 415 g/mol. The minimum Gasteiger partial charge on any atom is -0.464 e. The molecule has 0 bridgehead atoms. The summed E-state index contributed by atoms with van der Waals surface area (Å²) in [4.78, 5) is 16.1. The van der Waals surface area contributed by atoms with Gasteiger partial charge in [0, 0.05) is 17.1 Å². The van der Waals surface area contributed by atoms with Gasteiger partial charge in [-0.1, -0.05) is 12.1 Å². The van der Waals surface area contributed by atoms with Crippen molar-refractivity contribution in [1.82, 2.24) is 9.36 Å². The lowest BCUT2D eigenvalue weighted by Crippen LogP contribution is -2.15. The smallest absolute Gasteiger partial charge is 0.387 e. The van der Waals surface area contributed by atoms with E-state index in [1.807, 2.05) is 0 Å². The van der Waals surface area contributed by atoms with E-state index >= 15 is 0 Å². The van der Waals surface area contributed by atoms with Crippen LogP contribution in [0.4, 0.5) is 22.7 Å². The van der Waals surface area contributed by atoms with Crippen molar-refractivity contribution in [3.8, 4) is 17.1 Å². The number of carbonyl (C=O) groups excluding carboxylic acids is 1. The van der Waals surface area contributed by atoms with Gasteiger partial charge >= 0.3 is 6.61 Å². The fourth-order valence-corrected chi connectivity index (χ4v) is 2.84. The Kier molecular flexibility index (Phi) is 5.63. The third-order valence-corrected chi connectivity index (χ3v) is 4.03. The Bertz CT molecular complexity index is 968. The van der Waals surface area contributed by atoms with Crippen LogP contribution < -0.4 is 10.1 Å². The number of amides is 1. The Morgan fingerprint density at radius 2 is 2.14 bits per heavy atom. The molecule has 3 rings (SSSR count). The Balaban J connectivity index is 1.69. The summed E-state index contributed by atoms with van der Waals surface area (Å²) in [7, 11) is 0. The Labute approximate surface area is 160 Å². The summed E-state index contributed by atoms with van der Waals surface area (Å²) in [5, 5.41) is 2.51. The van der Waals surface area contributed by atoms with Crippen LogP contribution in [0.2, 0.25) is 0 Å². The second-order valence-corrected chi connectivity index (χ2v) is 6.57. The molecule has 0 aliphatic heterocycles. The molecule has 1 amide bonds. The van der Waals surface area contributed by atoms with E-state index in [0.29, 0.717) is 5.56 Å². The largest absolute Gasteiger partial charge is 0.464 e. The van der Waals surface area contributed by atoms with E-state index in [2.05, 4.69) is 19.4 Å². The van der Waals surface area contributed by atoms with E-state index in [4.69, 9.17) is 4.42 Å². The van der Waals surface area contributed by atoms with Gasteiger partial charge in [-0.05, 0) is 25.1 Å². The highest BCUT2D eigenvalue weighted by atomic mass is 32.1. The molecule has 3 aromatic rings. The lowest BCUT2D eigenvalue weighted by molar-refractivity contribution is -0.0498. The highest BCUT2D eigenvalue weighted by Crippen LogP contribution is 2.27. The predicted octanol–water partition coefficient (Wildman–Crippen LogP) is 4.85. The number of hydrogen-bond acceptors (Lipinski definition) is 6. The number of nitrogens with one attached hydrogen (secondary N) is 1. The van der Waals surface area contributed by atoms with Crippen molar-refractivity contribution in [2.75, 3.05) is 5.32 Å². The maximum atomic E-state index is 13.0. The molecule has 0 radical (unpaired) electrons. The number of furan rings is 1. The van der Waals surface area contributed by atoms with Crippen LogP contribution in [0.15, 0.2) is 41.0 Å². The molecule has 28 heavy (non-hydrogen) atoms. The number of alkyl halides is 4. The molecule has 2 aromatic heterocycles.